The van der Waals surface area contributed by atoms with E-state index in [0.29, 0.717) is 22.8 Å². The fourth-order valence-corrected chi connectivity index (χ4v) is 2.29. The van der Waals surface area contributed by atoms with Gasteiger partial charge in [-0.25, -0.2) is 4.98 Å². The summed E-state index contributed by atoms with van der Waals surface area (Å²) in [6, 6.07) is 8.77. The molecule has 5 nitrogen and oxygen atoms in total. The third-order valence-corrected chi connectivity index (χ3v) is 3.44. The van der Waals surface area contributed by atoms with E-state index in [9.17, 15) is 5.11 Å². The number of hydrogen-bond donors (Lipinski definition) is 3. The summed E-state index contributed by atoms with van der Waals surface area (Å²) >= 11 is 6.16. The van der Waals surface area contributed by atoms with Gasteiger partial charge in [-0.3, -0.25) is 0 Å². The molecule has 0 aliphatic carbocycles. The van der Waals surface area contributed by atoms with E-state index in [4.69, 9.17) is 22.1 Å². The number of phenolic OH excluding ortho intramolecular Hbond substituents is 1. The summed E-state index contributed by atoms with van der Waals surface area (Å²) in [5.74, 6) is 0.777. The van der Waals surface area contributed by atoms with E-state index in [1.165, 1.54) is 7.11 Å². The SMILES string of the molecule is COc1ccc(-c2nc3ccc(N)cc3[nH]2)c(Cl)c1O. The monoisotopic (exact) mass is 289 g/mol. The number of ether oxygens (including phenoxy) is 1. The molecule has 3 aromatic rings. The van der Waals surface area contributed by atoms with E-state index >= 15 is 0 Å². The van der Waals surface area contributed by atoms with Gasteiger partial charge in [0.05, 0.1) is 23.2 Å². The summed E-state index contributed by atoms with van der Waals surface area (Å²) in [6.07, 6.45) is 0. The van der Waals surface area contributed by atoms with Crippen molar-refractivity contribution in [2.24, 2.45) is 0 Å². The van der Waals surface area contributed by atoms with Crippen molar-refractivity contribution in [3.63, 3.8) is 0 Å². The molecule has 0 aliphatic heterocycles. The predicted octanol–water partition coefficient (Wildman–Crippen LogP) is 3.18. The lowest BCUT2D eigenvalue weighted by molar-refractivity contribution is 0.374. The van der Waals surface area contributed by atoms with Gasteiger partial charge in [0.15, 0.2) is 11.5 Å². The average Bonchev–Trinajstić information content (AvgIpc) is 2.84. The predicted molar refractivity (Wildman–Crippen MR) is 79.2 cm³/mol. The smallest absolute Gasteiger partial charge is 0.177 e. The first-order valence-corrected chi connectivity index (χ1v) is 6.29. The Labute approximate surface area is 120 Å². The first-order chi connectivity index (χ1) is 9.60. The van der Waals surface area contributed by atoms with Gasteiger partial charge in [0.2, 0.25) is 0 Å². The van der Waals surface area contributed by atoms with Crippen LogP contribution in [-0.4, -0.2) is 22.2 Å². The second-order valence-electron chi connectivity index (χ2n) is 4.34. The standard InChI is InChI=1S/C14H12ClN3O2/c1-20-11-5-3-8(12(15)13(11)19)14-17-9-4-2-7(16)6-10(9)18-14/h2-6,19H,16H2,1H3,(H,17,18). The van der Waals surface area contributed by atoms with Gasteiger partial charge in [-0.05, 0) is 30.3 Å². The summed E-state index contributed by atoms with van der Waals surface area (Å²) in [4.78, 5) is 7.56. The largest absolute Gasteiger partial charge is 0.503 e. The van der Waals surface area contributed by atoms with E-state index in [-0.39, 0.29) is 10.8 Å². The van der Waals surface area contributed by atoms with Gasteiger partial charge in [-0.15, -0.1) is 0 Å². The molecular weight excluding hydrogens is 278 g/mol. The van der Waals surface area contributed by atoms with Gasteiger partial charge in [0, 0.05) is 11.3 Å². The number of nitrogens with one attached hydrogen (secondary N) is 1. The zero-order valence-electron chi connectivity index (χ0n) is 10.6. The van der Waals surface area contributed by atoms with Crippen molar-refractivity contribution in [3.05, 3.63) is 35.4 Å². The molecule has 0 unspecified atom stereocenters. The molecule has 102 valence electrons. The summed E-state index contributed by atoms with van der Waals surface area (Å²) in [7, 11) is 1.47. The van der Waals surface area contributed by atoms with Crippen LogP contribution in [0, 0.1) is 0 Å². The molecule has 1 aromatic heterocycles. The maximum atomic E-state index is 9.94. The number of aromatic amines is 1. The van der Waals surface area contributed by atoms with Gasteiger partial charge in [0.1, 0.15) is 5.82 Å². The molecule has 0 saturated carbocycles. The Hall–Kier alpha value is -2.40. The van der Waals surface area contributed by atoms with Crippen molar-refractivity contribution >= 4 is 28.3 Å². The Kier molecular flexibility index (Phi) is 2.91. The molecule has 0 fully saturated rings. The third kappa shape index (κ3) is 1.92. The first-order valence-electron chi connectivity index (χ1n) is 5.91. The van der Waals surface area contributed by atoms with Crippen LogP contribution in [0.5, 0.6) is 11.5 Å². The van der Waals surface area contributed by atoms with Gasteiger partial charge >= 0.3 is 0 Å². The molecule has 0 bridgehead atoms. The number of hydrogen-bond acceptors (Lipinski definition) is 4. The highest BCUT2D eigenvalue weighted by molar-refractivity contribution is 6.35. The number of H-pyrrole nitrogens is 1. The van der Waals surface area contributed by atoms with Crippen LogP contribution >= 0.6 is 11.6 Å². The Morgan fingerprint density at radius 2 is 2.10 bits per heavy atom. The molecule has 1 heterocycles. The number of rotatable bonds is 2. The topological polar surface area (TPSA) is 84.2 Å². The number of aromatic hydroxyl groups is 1. The minimum Gasteiger partial charge on any atom is -0.503 e. The number of imidazole rings is 1. The minimum atomic E-state index is -0.105. The van der Waals surface area contributed by atoms with E-state index in [2.05, 4.69) is 9.97 Å². The number of nitrogens with two attached hydrogens (primary N) is 1. The molecule has 4 N–H and O–H groups in total. The molecule has 3 rings (SSSR count). The number of fused-ring (bicyclic) bond motifs is 1. The normalized spacial score (nSPS) is 10.9. The summed E-state index contributed by atoms with van der Waals surface area (Å²) in [6.45, 7) is 0. The van der Waals surface area contributed by atoms with E-state index in [0.717, 1.165) is 11.0 Å². The lowest BCUT2D eigenvalue weighted by Gasteiger charge is -2.07. The molecule has 0 spiro atoms. The molecular formula is C14H12ClN3O2. The van der Waals surface area contributed by atoms with Crippen LogP contribution in [0.15, 0.2) is 30.3 Å². The van der Waals surface area contributed by atoms with Crippen molar-refractivity contribution in [2.45, 2.75) is 0 Å². The molecule has 0 aliphatic rings. The number of aromatic nitrogens is 2. The number of nitrogens with zero attached hydrogens (tertiary/aromatic N) is 1. The Bertz CT molecular complexity index is 798. The van der Waals surface area contributed by atoms with Gasteiger partial charge < -0.3 is 20.6 Å². The highest BCUT2D eigenvalue weighted by atomic mass is 35.5. The number of phenols is 1. The van der Waals surface area contributed by atoms with E-state index in [1.807, 2.05) is 6.07 Å². The minimum absolute atomic E-state index is 0.105. The average molecular weight is 290 g/mol. The summed E-state index contributed by atoms with van der Waals surface area (Å²) < 4.78 is 5.01. The molecule has 0 radical (unpaired) electrons. The molecule has 0 atom stereocenters. The molecule has 6 heteroatoms. The van der Waals surface area contributed by atoms with Crippen LogP contribution in [0.3, 0.4) is 0 Å². The molecule has 0 amide bonds. The highest BCUT2D eigenvalue weighted by Crippen LogP contribution is 2.40. The third-order valence-electron chi connectivity index (χ3n) is 3.06. The lowest BCUT2D eigenvalue weighted by Crippen LogP contribution is -1.87. The summed E-state index contributed by atoms with van der Waals surface area (Å²) in [5, 5.41) is 10.1. The zero-order chi connectivity index (χ0) is 14.3. The van der Waals surface area contributed by atoms with E-state index in [1.54, 1.807) is 24.3 Å². The number of anilines is 1. The number of methoxy groups -OCH3 is 1. The Balaban J connectivity index is 2.18. The Morgan fingerprint density at radius 3 is 2.85 bits per heavy atom. The second kappa shape index (κ2) is 4.61. The summed E-state index contributed by atoms with van der Waals surface area (Å²) in [5.41, 5.74) is 8.57. The van der Waals surface area contributed by atoms with Crippen LogP contribution in [0.25, 0.3) is 22.4 Å². The van der Waals surface area contributed by atoms with Crippen molar-refractivity contribution in [1.29, 1.82) is 0 Å². The fraction of sp³-hybridized carbons (Fsp3) is 0.0714. The van der Waals surface area contributed by atoms with Crippen LogP contribution < -0.4 is 10.5 Å². The van der Waals surface area contributed by atoms with Crippen molar-refractivity contribution < 1.29 is 9.84 Å². The van der Waals surface area contributed by atoms with Crippen molar-refractivity contribution in [1.82, 2.24) is 9.97 Å². The second-order valence-corrected chi connectivity index (χ2v) is 4.72. The maximum absolute atomic E-state index is 9.94. The van der Waals surface area contributed by atoms with E-state index < -0.39 is 0 Å². The number of benzene rings is 2. The highest BCUT2D eigenvalue weighted by Gasteiger charge is 2.15. The Morgan fingerprint density at radius 1 is 1.30 bits per heavy atom. The van der Waals surface area contributed by atoms with Gasteiger partial charge in [-0.1, -0.05) is 11.6 Å². The molecule has 2 aromatic carbocycles. The van der Waals surface area contributed by atoms with Crippen LogP contribution in [0.2, 0.25) is 5.02 Å². The maximum Gasteiger partial charge on any atom is 0.177 e. The van der Waals surface area contributed by atoms with Gasteiger partial charge in [-0.2, -0.15) is 0 Å². The van der Waals surface area contributed by atoms with Crippen LogP contribution in [-0.2, 0) is 0 Å². The lowest BCUT2D eigenvalue weighted by atomic mass is 10.2. The van der Waals surface area contributed by atoms with Crippen molar-refractivity contribution in [3.8, 4) is 22.9 Å². The van der Waals surface area contributed by atoms with Crippen LogP contribution in [0.1, 0.15) is 0 Å². The molecule has 0 saturated heterocycles. The molecule has 20 heavy (non-hydrogen) atoms. The quantitative estimate of drug-likeness (QED) is 0.633. The number of halogens is 1. The van der Waals surface area contributed by atoms with Crippen molar-refractivity contribution in [2.75, 3.05) is 12.8 Å². The fourth-order valence-electron chi connectivity index (χ4n) is 2.05. The number of nitrogen functional groups attached to an aromatic ring is 1. The van der Waals surface area contributed by atoms with Gasteiger partial charge in [0.25, 0.3) is 0 Å². The zero-order valence-corrected chi connectivity index (χ0v) is 11.4. The van der Waals surface area contributed by atoms with Crippen LogP contribution in [0.4, 0.5) is 5.69 Å². The first kappa shape index (κ1) is 12.6.